The first-order chi connectivity index (χ1) is 10.3. The SMILES string of the molecule is O=c1c2ccncc2ncn1[C@@H]1CCc2ccccc2C1. The Morgan fingerprint density at radius 2 is 2.00 bits per heavy atom. The number of hydrogen-bond acceptors (Lipinski definition) is 3. The van der Waals surface area contributed by atoms with Crippen molar-refractivity contribution in [3.63, 3.8) is 0 Å². The Kier molecular flexibility index (Phi) is 2.81. The first-order valence-corrected chi connectivity index (χ1v) is 7.20. The normalized spacial score (nSPS) is 17.6. The topological polar surface area (TPSA) is 47.8 Å². The van der Waals surface area contributed by atoms with Gasteiger partial charge in [0.25, 0.3) is 5.56 Å². The van der Waals surface area contributed by atoms with Gasteiger partial charge in [0.2, 0.25) is 0 Å². The van der Waals surface area contributed by atoms with Crippen LogP contribution in [0.1, 0.15) is 23.6 Å². The average Bonchev–Trinajstić information content (AvgIpc) is 2.55. The highest BCUT2D eigenvalue weighted by molar-refractivity contribution is 5.75. The molecule has 0 spiro atoms. The standard InChI is InChI=1S/C17H15N3O/c21-17-15-7-8-18-10-16(15)19-11-20(17)14-6-5-12-3-1-2-4-13(12)9-14/h1-4,7-8,10-11,14H,5-6,9H2/t14-/m1/s1. The van der Waals surface area contributed by atoms with E-state index in [4.69, 9.17) is 0 Å². The van der Waals surface area contributed by atoms with E-state index in [1.54, 1.807) is 29.4 Å². The fraction of sp³-hybridized carbons (Fsp3) is 0.235. The van der Waals surface area contributed by atoms with Crippen LogP contribution in [-0.2, 0) is 12.8 Å². The van der Waals surface area contributed by atoms with Gasteiger partial charge >= 0.3 is 0 Å². The molecule has 0 saturated carbocycles. The molecule has 2 heterocycles. The summed E-state index contributed by atoms with van der Waals surface area (Å²) in [7, 11) is 0. The predicted molar refractivity (Wildman–Crippen MR) is 81.3 cm³/mol. The van der Waals surface area contributed by atoms with E-state index < -0.39 is 0 Å². The van der Waals surface area contributed by atoms with Crippen molar-refractivity contribution in [2.45, 2.75) is 25.3 Å². The molecular weight excluding hydrogens is 262 g/mol. The quantitative estimate of drug-likeness (QED) is 0.686. The zero-order valence-corrected chi connectivity index (χ0v) is 11.6. The van der Waals surface area contributed by atoms with Crippen LogP contribution in [0.4, 0.5) is 0 Å². The van der Waals surface area contributed by atoms with Crippen molar-refractivity contribution in [1.29, 1.82) is 0 Å². The molecule has 0 bridgehead atoms. The van der Waals surface area contributed by atoms with Crippen LogP contribution in [0.3, 0.4) is 0 Å². The molecular formula is C17H15N3O. The lowest BCUT2D eigenvalue weighted by Gasteiger charge is -2.26. The van der Waals surface area contributed by atoms with Crippen LogP contribution in [0.15, 0.2) is 53.8 Å². The molecule has 21 heavy (non-hydrogen) atoms. The molecule has 0 N–H and O–H groups in total. The van der Waals surface area contributed by atoms with Crippen LogP contribution in [0, 0.1) is 0 Å². The number of aromatic nitrogens is 3. The second-order valence-electron chi connectivity index (χ2n) is 5.52. The summed E-state index contributed by atoms with van der Waals surface area (Å²) >= 11 is 0. The second kappa shape index (κ2) is 4.81. The number of rotatable bonds is 1. The van der Waals surface area contributed by atoms with Crippen molar-refractivity contribution in [3.05, 3.63) is 70.5 Å². The number of benzene rings is 1. The van der Waals surface area contributed by atoms with Crippen LogP contribution in [0.5, 0.6) is 0 Å². The van der Waals surface area contributed by atoms with Crippen molar-refractivity contribution < 1.29 is 0 Å². The van der Waals surface area contributed by atoms with Gasteiger partial charge in [-0.05, 0) is 36.5 Å². The largest absolute Gasteiger partial charge is 0.295 e. The lowest BCUT2D eigenvalue weighted by atomic mass is 9.88. The fourth-order valence-electron chi connectivity index (χ4n) is 3.16. The van der Waals surface area contributed by atoms with Crippen molar-refractivity contribution in [2.75, 3.05) is 0 Å². The molecule has 104 valence electrons. The van der Waals surface area contributed by atoms with E-state index in [0.717, 1.165) is 19.3 Å². The summed E-state index contributed by atoms with van der Waals surface area (Å²) in [6.07, 6.45) is 7.85. The van der Waals surface area contributed by atoms with Gasteiger partial charge in [0, 0.05) is 12.2 Å². The molecule has 4 nitrogen and oxygen atoms in total. The molecule has 0 radical (unpaired) electrons. The summed E-state index contributed by atoms with van der Waals surface area (Å²) in [5.74, 6) is 0. The predicted octanol–water partition coefficient (Wildman–Crippen LogP) is 2.52. The van der Waals surface area contributed by atoms with Gasteiger partial charge in [-0.3, -0.25) is 14.3 Å². The number of hydrogen-bond donors (Lipinski definition) is 0. The molecule has 1 aromatic carbocycles. The fourth-order valence-corrected chi connectivity index (χ4v) is 3.16. The first-order valence-electron chi connectivity index (χ1n) is 7.20. The van der Waals surface area contributed by atoms with Crippen LogP contribution in [-0.4, -0.2) is 14.5 Å². The van der Waals surface area contributed by atoms with Crippen molar-refractivity contribution in [3.8, 4) is 0 Å². The zero-order valence-electron chi connectivity index (χ0n) is 11.6. The summed E-state index contributed by atoms with van der Waals surface area (Å²) in [6, 6.07) is 10.4. The molecule has 0 aliphatic heterocycles. The lowest BCUT2D eigenvalue weighted by molar-refractivity contribution is 0.429. The Bertz CT molecular complexity index is 869. The Morgan fingerprint density at radius 3 is 2.90 bits per heavy atom. The monoisotopic (exact) mass is 277 g/mol. The Labute approximate surface area is 122 Å². The van der Waals surface area contributed by atoms with Crippen LogP contribution >= 0.6 is 0 Å². The van der Waals surface area contributed by atoms with Gasteiger partial charge in [0.15, 0.2) is 0 Å². The van der Waals surface area contributed by atoms with E-state index >= 15 is 0 Å². The van der Waals surface area contributed by atoms with Crippen LogP contribution < -0.4 is 5.56 Å². The molecule has 0 fully saturated rings. The highest BCUT2D eigenvalue weighted by atomic mass is 16.1. The average molecular weight is 277 g/mol. The number of pyridine rings is 1. The van der Waals surface area contributed by atoms with Crippen molar-refractivity contribution >= 4 is 10.9 Å². The van der Waals surface area contributed by atoms with E-state index in [1.807, 2.05) is 0 Å². The summed E-state index contributed by atoms with van der Waals surface area (Å²) in [4.78, 5) is 21.0. The Morgan fingerprint density at radius 1 is 1.14 bits per heavy atom. The third-order valence-corrected chi connectivity index (χ3v) is 4.30. The van der Waals surface area contributed by atoms with E-state index in [-0.39, 0.29) is 11.6 Å². The van der Waals surface area contributed by atoms with Crippen molar-refractivity contribution in [1.82, 2.24) is 14.5 Å². The van der Waals surface area contributed by atoms with Gasteiger partial charge in [-0.1, -0.05) is 24.3 Å². The van der Waals surface area contributed by atoms with Gasteiger partial charge < -0.3 is 0 Å². The van der Waals surface area contributed by atoms with E-state index in [2.05, 4.69) is 34.2 Å². The van der Waals surface area contributed by atoms with Gasteiger partial charge in [0.05, 0.1) is 23.4 Å². The zero-order chi connectivity index (χ0) is 14.2. The Balaban J connectivity index is 1.78. The van der Waals surface area contributed by atoms with Crippen molar-refractivity contribution in [2.24, 2.45) is 0 Å². The lowest BCUT2D eigenvalue weighted by Crippen LogP contribution is -2.29. The number of fused-ring (bicyclic) bond motifs is 2. The molecule has 0 unspecified atom stereocenters. The summed E-state index contributed by atoms with van der Waals surface area (Å²) in [5, 5.41) is 0.645. The molecule has 2 aromatic heterocycles. The third-order valence-electron chi connectivity index (χ3n) is 4.30. The molecule has 4 heteroatoms. The maximum Gasteiger partial charge on any atom is 0.261 e. The van der Waals surface area contributed by atoms with Crippen LogP contribution in [0.2, 0.25) is 0 Å². The summed E-state index contributed by atoms with van der Waals surface area (Å²) < 4.78 is 1.79. The maximum atomic E-state index is 12.6. The molecule has 4 rings (SSSR count). The minimum atomic E-state index is 0.0341. The smallest absolute Gasteiger partial charge is 0.261 e. The Hall–Kier alpha value is -2.49. The molecule has 3 aromatic rings. The highest BCUT2D eigenvalue weighted by Crippen LogP contribution is 2.27. The van der Waals surface area contributed by atoms with Gasteiger partial charge in [-0.2, -0.15) is 0 Å². The minimum Gasteiger partial charge on any atom is -0.295 e. The number of nitrogens with zero attached hydrogens (tertiary/aromatic N) is 3. The minimum absolute atomic E-state index is 0.0341. The molecule has 1 atom stereocenters. The van der Waals surface area contributed by atoms with Gasteiger partial charge in [-0.15, -0.1) is 0 Å². The van der Waals surface area contributed by atoms with Gasteiger partial charge in [0.1, 0.15) is 0 Å². The second-order valence-corrected chi connectivity index (χ2v) is 5.52. The highest BCUT2D eigenvalue weighted by Gasteiger charge is 2.21. The maximum absolute atomic E-state index is 12.6. The van der Waals surface area contributed by atoms with Gasteiger partial charge in [-0.25, -0.2) is 4.98 Å². The number of aryl methyl sites for hydroxylation is 1. The van der Waals surface area contributed by atoms with E-state index in [9.17, 15) is 4.79 Å². The molecule has 1 aliphatic rings. The summed E-state index contributed by atoms with van der Waals surface area (Å²) in [6.45, 7) is 0. The third kappa shape index (κ3) is 2.03. The molecule has 0 amide bonds. The summed E-state index contributed by atoms with van der Waals surface area (Å²) in [5.41, 5.74) is 3.44. The van der Waals surface area contributed by atoms with E-state index in [0.29, 0.717) is 10.9 Å². The first kappa shape index (κ1) is 12.3. The molecule has 0 saturated heterocycles. The van der Waals surface area contributed by atoms with E-state index in [1.165, 1.54) is 11.1 Å². The molecule has 1 aliphatic carbocycles. The van der Waals surface area contributed by atoms with Crippen LogP contribution in [0.25, 0.3) is 10.9 Å².